The van der Waals surface area contributed by atoms with Crippen LogP contribution in [0.25, 0.3) is 0 Å². The van der Waals surface area contributed by atoms with Gasteiger partial charge in [0.15, 0.2) is 5.96 Å². The molecule has 2 atom stereocenters. The highest BCUT2D eigenvalue weighted by Gasteiger charge is 2.16. The van der Waals surface area contributed by atoms with E-state index < -0.39 is 0 Å². The molecule has 1 aliphatic heterocycles. The molecule has 2 unspecified atom stereocenters. The maximum Gasteiger partial charge on any atom is 0.191 e. The maximum absolute atomic E-state index is 5.74. The topological polar surface area (TPSA) is 67.4 Å². The van der Waals surface area contributed by atoms with Crippen LogP contribution in [0.4, 0.5) is 0 Å². The van der Waals surface area contributed by atoms with Gasteiger partial charge in [-0.1, -0.05) is 12.1 Å². The summed E-state index contributed by atoms with van der Waals surface area (Å²) in [6.07, 6.45) is 2.07. The summed E-state index contributed by atoms with van der Waals surface area (Å²) in [6, 6.07) is 8.40. The highest BCUT2D eigenvalue weighted by Crippen LogP contribution is 2.22. The van der Waals surface area contributed by atoms with Gasteiger partial charge >= 0.3 is 0 Å². The van der Waals surface area contributed by atoms with Crippen LogP contribution in [0.1, 0.15) is 24.4 Å². The Balaban J connectivity index is 0.00000420. The molecule has 1 saturated heterocycles. The van der Waals surface area contributed by atoms with Gasteiger partial charge in [-0.3, -0.25) is 4.99 Å². The standard InChI is InChI=1S/C21H36N4O3.HI/c1-22-21(23-10-6-11-27-15-17-9-12-28-16-17)24-14-20(25(2)3)18-7-5-8-19(13-18)26-4;/h5,7-8,13,17,20H,6,9-12,14-16H2,1-4H3,(H2,22,23,24);1H. The number of nitrogens with zero attached hydrogens (tertiary/aromatic N) is 2. The average Bonchev–Trinajstić information content (AvgIpc) is 3.22. The lowest BCUT2D eigenvalue weighted by Gasteiger charge is -2.26. The number of aliphatic imine (C=N–C) groups is 1. The van der Waals surface area contributed by atoms with E-state index in [0.29, 0.717) is 5.92 Å². The third-order valence-corrected chi connectivity index (χ3v) is 4.92. The second kappa shape index (κ2) is 14.8. The van der Waals surface area contributed by atoms with E-state index in [9.17, 15) is 0 Å². The number of rotatable bonds is 11. The second-order valence-electron chi connectivity index (χ2n) is 7.29. The van der Waals surface area contributed by atoms with Gasteiger partial charge in [-0.25, -0.2) is 0 Å². The lowest BCUT2D eigenvalue weighted by molar-refractivity contribution is 0.0888. The van der Waals surface area contributed by atoms with Crippen molar-refractivity contribution in [1.29, 1.82) is 0 Å². The Morgan fingerprint density at radius 1 is 1.34 bits per heavy atom. The molecule has 29 heavy (non-hydrogen) atoms. The summed E-state index contributed by atoms with van der Waals surface area (Å²) in [4.78, 5) is 6.51. The van der Waals surface area contributed by atoms with E-state index in [1.165, 1.54) is 5.56 Å². The number of benzene rings is 1. The monoisotopic (exact) mass is 520 g/mol. The van der Waals surface area contributed by atoms with E-state index in [1.54, 1.807) is 14.2 Å². The largest absolute Gasteiger partial charge is 0.497 e. The fourth-order valence-corrected chi connectivity index (χ4v) is 3.21. The van der Waals surface area contributed by atoms with Crippen molar-refractivity contribution in [2.45, 2.75) is 18.9 Å². The summed E-state index contributed by atoms with van der Waals surface area (Å²) in [7, 11) is 7.64. The molecule has 166 valence electrons. The SMILES string of the molecule is CN=C(NCCCOCC1CCOC1)NCC(c1cccc(OC)c1)N(C)C.I. The lowest BCUT2D eigenvalue weighted by atomic mass is 10.1. The molecule has 0 saturated carbocycles. The average molecular weight is 520 g/mol. The first-order chi connectivity index (χ1) is 13.6. The van der Waals surface area contributed by atoms with E-state index >= 15 is 0 Å². The van der Waals surface area contributed by atoms with Crippen molar-refractivity contribution in [3.8, 4) is 5.75 Å². The molecule has 8 heteroatoms. The van der Waals surface area contributed by atoms with Gasteiger partial charge in [0.2, 0.25) is 0 Å². The number of hydrogen-bond donors (Lipinski definition) is 2. The van der Waals surface area contributed by atoms with Crippen LogP contribution in [-0.4, -0.2) is 78.6 Å². The predicted octanol–water partition coefficient (Wildman–Crippen LogP) is 2.52. The third-order valence-electron chi connectivity index (χ3n) is 4.92. The summed E-state index contributed by atoms with van der Waals surface area (Å²) >= 11 is 0. The third kappa shape index (κ3) is 9.50. The summed E-state index contributed by atoms with van der Waals surface area (Å²) in [6.45, 7) is 4.85. The highest BCUT2D eigenvalue weighted by atomic mass is 127. The van der Waals surface area contributed by atoms with Crippen molar-refractivity contribution in [3.05, 3.63) is 29.8 Å². The van der Waals surface area contributed by atoms with Gasteiger partial charge in [0.25, 0.3) is 0 Å². The smallest absolute Gasteiger partial charge is 0.191 e. The molecule has 7 nitrogen and oxygen atoms in total. The van der Waals surface area contributed by atoms with Crippen LogP contribution in [0.3, 0.4) is 0 Å². The van der Waals surface area contributed by atoms with Gasteiger partial charge in [-0.2, -0.15) is 0 Å². The van der Waals surface area contributed by atoms with Crippen LogP contribution in [0.2, 0.25) is 0 Å². The van der Waals surface area contributed by atoms with Gasteiger partial charge in [0.05, 0.1) is 26.4 Å². The molecule has 1 aromatic carbocycles. The van der Waals surface area contributed by atoms with E-state index in [1.807, 2.05) is 12.1 Å². The molecule has 0 aliphatic carbocycles. The molecular formula is C21H37IN4O3. The Morgan fingerprint density at radius 3 is 2.83 bits per heavy atom. The number of methoxy groups -OCH3 is 1. The van der Waals surface area contributed by atoms with Gasteiger partial charge in [-0.05, 0) is 44.6 Å². The molecule has 0 bridgehead atoms. The second-order valence-corrected chi connectivity index (χ2v) is 7.29. The molecule has 2 N–H and O–H groups in total. The predicted molar refractivity (Wildman–Crippen MR) is 129 cm³/mol. The zero-order valence-corrected chi connectivity index (χ0v) is 20.5. The summed E-state index contributed by atoms with van der Waals surface area (Å²) in [5.74, 6) is 2.25. The fraction of sp³-hybridized carbons (Fsp3) is 0.667. The minimum Gasteiger partial charge on any atom is -0.497 e. The van der Waals surface area contributed by atoms with Gasteiger partial charge in [0, 0.05) is 39.3 Å². The lowest BCUT2D eigenvalue weighted by Crippen LogP contribution is -2.42. The van der Waals surface area contributed by atoms with Gasteiger partial charge in [0.1, 0.15) is 5.75 Å². The molecule has 1 heterocycles. The number of ether oxygens (including phenoxy) is 3. The number of likely N-dealkylation sites (N-methyl/N-ethyl adjacent to an activating group) is 1. The van der Waals surface area contributed by atoms with Crippen molar-refractivity contribution >= 4 is 29.9 Å². The van der Waals surface area contributed by atoms with Gasteiger partial charge < -0.3 is 29.7 Å². The number of guanidine groups is 1. The number of nitrogens with one attached hydrogen (secondary N) is 2. The first kappa shape index (κ1) is 25.9. The van der Waals surface area contributed by atoms with Crippen molar-refractivity contribution in [3.63, 3.8) is 0 Å². The van der Waals surface area contributed by atoms with Gasteiger partial charge in [-0.15, -0.1) is 24.0 Å². The van der Waals surface area contributed by atoms with Crippen molar-refractivity contribution in [1.82, 2.24) is 15.5 Å². The summed E-state index contributed by atoms with van der Waals surface area (Å²) < 4.78 is 16.5. The van der Waals surface area contributed by atoms with Crippen LogP contribution < -0.4 is 15.4 Å². The Hall–Kier alpha value is -1.10. The van der Waals surface area contributed by atoms with Crippen molar-refractivity contribution < 1.29 is 14.2 Å². The fourth-order valence-electron chi connectivity index (χ4n) is 3.21. The van der Waals surface area contributed by atoms with E-state index in [-0.39, 0.29) is 30.0 Å². The normalized spacial score (nSPS) is 17.7. The Labute approximate surface area is 192 Å². The van der Waals surface area contributed by atoms with Crippen LogP contribution in [-0.2, 0) is 9.47 Å². The Bertz CT molecular complexity index is 595. The van der Waals surface area contributed by atoms with Crippen molar-refractivity contribution in [2.75, 3.05) is 67.8 Å². The minimum absolute atomic E-state index is 0. The van der Waals surface area contributed by atoms with E-state index in [0.717, 1.165) is 64.1 Å². The van der Waals surface area contributed by atoms with Crippen LogP contribution in [0, 0.1) is 5.92 Å². The Kier molecular flexibility index (Phi) is 13.2. The zero-order valence-electron chi connectivity index (χ0n) is 18.1. The van der Waals surface area contributed by atoms with E-state index in [2.05, 4.69) is 46.8 Å². The molecule has 0 amide bonds. The molecule has 1 aliphatic rings. The van der Waals surface area contributed by atoms with E-state index in [4.69, 9.17) is 14.2 Å². The number of hydrogen-bond acceptors (Lipinski definition) is 5. The first-order valence-corrected chi connectivity index (χ1v) is 10.0. The molecule has 1 aromatic rings. The Morgan fingerprint density at radius 2 is 2.17 bits per heavy atom. The highest BCUT2D eigenvalue weighted by molar-refractivity contribution is 14.0. The minimum atomic E-state index is 0. The molecule has 1 fully saturated rings. The molecular weight excluding hydrogens is 483 g/mol. The number of halogens is 1. The molecule has 0 radical (unpaired) electrons. The molecule has 0 spiro atoms. The van der Waals surface area contributed by atoms with Crippen LogP contribution in [0.5, 0.6) is 5.75 Å². The molecule has 0 aromatic heterocycles. The quantitative estimate of drug-likeness (QED) is 0.202. The van der Waals surface area contributed by atoms with Crippen LogP contribution >= 0.6 is 24.0 Å². The first-order valence-electron chi connectivity index (χ1n) is 10.0. The maximum atomic E-state index is 5.74. The zero-order chi connectivity index (χ0) is 20.2. The summed E-state index contributed by atoms with van der Waals surface area (Å²) in [5, 5.41) is 6.78. The van der Waals surface area contributed by atoms with Crippen molar-refractivity contribution in [2.24, 2.45) is 10.9 Å². The summed E-state index contributed by atoms with van der Waals surface area (Å²) in [5.41, 5.74) is 1.21. The molecule has 2 rings (SSSR count). The van der Waals surface area contributed by atoms with Crippen LogP contribution in [0.15, 0.2) is 29.3 Å².